The molecule has 0 amide bonds. The van der Waals surface area contributed by atoms with E-state index in [9.17, 15) is 26.3 Å². The molecule has 2 aromatic carbocycles. The minimum atomic E-state index is -5.85. The summed E-state index contributed by atoms with van der Waals surface area (Å²) in [6.45, 7) is 0. The van der Waals surface area contributed by atoms with E-state index in [1.165, 1.54) is 24.3 Å². The zero-order valence-corrected chi connectivity index (χ0v) is 12.1. The van der Waals surface area contributed by atoms with Gasteiger partial charge in [0.2, 0.25) is 5.58 Å². The average molecular weight is 362 g/mol. The van der Waals surface area contributed by atoms with Crippen LogP contribution in [-0.4, -0.2) is 17.4 Å². The van der Waals surface area contributed by atoms with Gasteiger partial charge in [-0.2, -0.15) is 22.0 Å². The van der Waals surface area contributed by atoms with Crippen LogP contribution in [0.2, 0.25) is 0 Å². The van der Waals surface area contributed by atoms with Crippen LogP contribution < -0.4 is 10.1 Å². The van der Waals surface area contributed by atoms with E-state index in [0.717, 1.165) is 18.2 Å². The summed E-state index contributed by atoms with van der Waals surface area (Å²) < 4.78 is 84.5. The fourth-order valence-electron chi connectivity index (χ4n) is 2.00. The summed E-state index contributed by atoms with van der Waals surface area (Å²) in [5, 5.41) is 6.51. The van der Waals surface area contributed by atoms with Gasteiger partial charge >= 0.3 is 12.3 Å². The maximum Gasteiger partial charge on any atom is 0.499 e. The molecule has 4 nitrogen and oxygen atoms in total. The topological polar surface area (TPSA) is 47.3 Å². The Labute approximate surface area is 136 Å². The molecule has 0 bridgehead atoms. The van der Waals surface area contributed by atoms with Gasteiger partial charge in [-0.3, -0.25) is 0 Å². The van der Waals surface area contributed by atoms with Gasteiger partial charge in [0.15, 0.2) is 11.6 Å². The molecule has 1 aromatic heterocycles. The number of hydrogen-bond donors (Lipinski definition) is 1. The predicted octanol–water partition coefficient (Wildman–Crippen LogP) is 5.24. The minimum absolute atomic E-state index is 0.0641. The number of aromatic nitrogens is 1. The number of ether oxygens (including phenoxy) is 1. The van der Waals surface area contributed by atoms with Crippen LogP contribution in [0.15, 0.2) is 47.0 Å². The van der Waals surface area contributed by atoms with Gasteiger partial charge in [0.1, 0.15) is 5.75 Å². The van der Waals surface area contributed by atoms with E-state index in [2.05, 4.69) is 15.2 Å². The van der Waals surface area contributed by atoms with E-state index in [4.69, 9.17) is 4.52 Å². The number of para-hydroxylation sites is 1. The molecular weight excluding hydrogens is 354 g/mol. The van der Waals surface area contributed by atoms with Crippen LogP contribution in [0.3, 0.4) is 0 Å². The van der Waals surface area contributed by atoms with Crippen molar-refractivity contribution in [2.45, 2.75) is 12.3 Å². The number of nitrogens with zero attached hydrogens (tertiary/aromatic N) is 1. The molecule has 0 saturated heterocycles. The lowest BCUT2D eigenvalue weighted by atomic mass is 10.2. The second kappa shape index (κ2) is 5.87. The zero-order valence-electron chi connectivity index (χ0n) is 12.1. The summed E-state index contributed by atoms with van der Waals surface area (Å²) in [5.41, 5.74) is -0.0315. The molecule has 0 spiro atoms. The summed E-state index contributed by atoms with van der Waals surface area (Å²) in [5.74, 6) is -1.31. The number of alkyl halides is 5. The number of nitrogens with one attached hydrogen (secondary N) is 1. The van der Waals surface area contributed by atoms with Crippen molar-refractivity contribution < 1.29 is 35.6 Å². The van der Waals surface area contributed by atoms with Crippen LogP contribution >= 0.6 is 0 Å². The Bertz CT molecular complexity index is 906. The maximum absolute atomic E-state index is 13.5. The first kappa shape index (κ1) is 16.9. The third-order valence-electron chi connectivity index (χ3n) is 3.12. The van der Waals surface area contributed by atoms with Crippen molar-refractivity contribution in [3.63, 3.8) is 0 Å². The highest BCUT2D eigenvalue weighted by Gasteiger charge is 2.61. The van der Waals surface area contributed by atoms with Gasteiger partial charge in [-0.15, -0.1) is 0 Å². The number of anilines is 2. The van der Waals surface area contributed by atoms with Crippen molar-refractivity contribution in [1.29, 1.82) is 0 Å². The monoisotopic (exact) mass is 362 g/mol. The first-order valence-corrected chi connectivity index (χ1v) is 6.72. The Balaban J connectivity index is 1.86. The predicted molar refractivity (Wildman–Crippen MR) is 75.3 cm³/mol. The van der Waals surface area contributed by atoms with E-state index in [0.29, 0.717) is 0 Å². The second-order valence-corrected chi connectivity index (χ2v) is 4.92. The summed E-state index contributed by atoms with van der Waals surface area (Å²) >= 11 is 0. The van der Waals surface area contributed by atoms with E-state index in [1.54, 1.807) is 0 Å². The molecule has 0 aliphatic heterocycles. The van der Waals surface area contributed by atoms with Crippen molar-refractivity contribution in [2.75, 3.05) is 5.32 Å². The SMILES string of the molecule is Fc1cccc2c(Nc3cccc(OC(F)(F)C(F)(F)F)c3)noc12. The van der Waals surface area contributed by atoms with Gasteiger partial charge in [-0.05, 0) is 24.3 Å². The molecule has 0 radical (unpaired) electrons. The summed E-state index contributed by atoms with van der Waals surface area (Å²) in [6.07, 6.45) is -11.2. The summed E-state index contributed by atoms with van der Waals surface area (Å²) in [7, 11) is 0. The molecule has 1 N–H and O–H groups in total. The number of hydrogen-bond acceptors (Lipinski definition) is 4. The van der Waals surface area contributed by atoms with Gasteiger partial charge in [-0.1, -0.05) is 17.3 Å². The van der Waals surface area contributed by atoms with Crippen molar-refractivity contribution >= 4 is 22.5 Å². The van der Waals surface area contributed by atoms with Crippen LogP contribution in [0, 0.1) is 5.82 Å². The highest BCUT2D eigenvalue weighted by molar-refractivity contribution is 5.90. The third-order valence-corrected chi connectivity index (χ3v) is 3.12. The highest BCUT2D eigenvalue weighted by Crippen LogP contribution is 2.38. The van der Waals surface area contributed by atoms with Crippen LogP contribution in [0.1, 0.15) is 0 Å². The Morgan fingerprint density at radius 2 is 1.72 bits per heavy atom. The first-order valence-electron chi connectivity index (χ1n) is 6.72. The highest BCUT2D eigenvalue weighted by atomic mass is 19.4. The molecule has 3 aromatic rings. The van der Waals surface area contributed by atoms with Crippen molar-refractivity contribution in [3.05, 3.63) is 48.3 Å². The number of rotatable bonds is 4. The van der Waals surface area contributed by atoms with Crippen LogP contribution in [0.4, 0.5) is 37.8 Å². The Morgan fingerprint density at radius 3 is 2.44 bits per heavy atom. The molecule has 0 aliphatic carbocycles. The van der Waals surface area contributed by atoms with Crippen molar-refractivity contribution in [3.8, 4) is 5.75 Å². The van der Waals surface area contributed by atoms with Crippen LogP contribution in [0.5, 0.6) is 5.75 Å². The molecule has 0 unspecified atom stereocenters. The van der Waals surface area contributed by atoms with Crippen molar-refractivity contribution in [1.82, 2.24) is 5.16 Å². The van der Waals surface area contributed by atoms with Crippen molar-refractivity contribution in [2.24, 2.45) is 0 Å². The molecule has 1 heterocycles. The Morgan fingerprint density at radius 1 is 1.00 bits per heavy atom. The largest absolute Gasteiger partial charge is 0.499 e. The molecule has 0 aliphatic rings. The molecule has 0 saturated carbocycles. The zero-order chi connectivity index (χ0) is 18.2. The minimum Gasteiger partial charge on any atom is -0.426 e. The molecule has 25 heavy (non-hydrogen) atoms. The lowest BCUT2D eigenvalue weighted by Crippen LogP contribution is -2.41. The Hall–Kier alpha value is -2.91. The molecule has 0 fully saturated rings. The van der Waals surface area contributed by atoms with Crippen LogP contribution in [0.25, 0.3) is 11.0 Å². The van der Waals surface area contributed by atoms with Gasteiger partial charge in [0, 0.05) is 11.8 Å². The normalized spacial score (nSPS) is 12.4. The van der Waals surface area contributed by atoms with Gasteiger partial charge in [0.05, 0.1) is 5.39 Å². The standard InChI is InChI=1S/C15H8F6N2O2/c16-11-6-2-5-10-12(11)25-23-13(10)22-8-3-1-4-9(7-8)24-15(20,21)14(17,18)19/h1-7H,(H,22,23). The maximum atomic E-state index is 13.5. The smallest absolute Gasteiger partial charge is 0.426 e. The first-order chi connectivity index (χ1) is 11.7. The fourth-order valence-corrected chi connectivity index (χ4v) is 2.00. The number of benzene rings is 2. The molecule has 3 rings (SSSR count). The number of halogens is 6. The van der Waals surface area contributed by atoms with E-state index in [-0.39, 0.29) is 22.5 Å². The third kappa shape index (κ3) is 3.32. The van der Waals surface area contributed by atoms with E-state index >= 15 is 0 Å². The van der Waals surface area contributed by atoms with Gasteiger partial charge < -0.3 is 14.6 Å². The summed E-state index contributed by atoms with van der Waals surface area (Å²) in [6, 6.07) is 8.49. The van der Waals surface area contributed by atoms with E-state index < -0.39 is 23.9 Å². The quantitative estimate of drug-likeness (QED) is 0.645. The Kier molecular flexibility index (Phi) is 3.97. The number of fused-ring (bicyclic) bond motifs is 1. The van der Waals surface area contributed by atoms with Crippen LogP contribution in [-0.2, 0) is 0 Å². The summed E-state index contributed by atoms with van der Waals surface area (Å²) in [4.78, 5) is 0. The average Bonchev–Trinajstić information content (AvgIpc) is 2.91. The lowest BCUT2D eigenvalue weighted by molar-refractivity contribution is -0.360. The fraction of sp³-hybridized carbons (Fsp3) is 0.133. The van der Waals surface area contributed by atoms with Gasteiger partial charge in [0.25, 0.3) is 0 Å². The molecule has 0 atom stereocenters. The molecule has 132 valence electrons. The molecular formula is C15H8F6N2O2. The van der Waals surface area contributed by atoms with E-state index in [1.807, 2.05) is 0 Å². The second-order valence-electron chi connectivity index (χ2n) is 4.92. The van der Waals surface area contributed by atoms with Gasteiger partial charge in [-0.25, -0.2) is 4.39 Å². The lowest BCUT2D eigenvalue weighted by Gasteiger charge is -2.20. The molecule has 10 heteroatoms.